The molecule has 0 bridgehead atoms. The summed E-state index contributed by atoms with van der Waals surface area (Å²) in [5.41, 5.74) is 2.22. The van der Waals surface area contributed by atoms with E-state index in [4.69, 9.17) is 9.47 Å². The highest BCUT2D eigenvalue weighted by molar-refractivity contribution is 7.92. The molecule has 0 fully saturated rings. The number of rotatable bonds is 9. The van der Waals surface area contributed by atoms with Gasteiger partial charge in [0.05, 0.1) is 12.7 Å². The lowest BCUT2D eigenvalue weighted by Crippen LogP contribution is -2.28. The monoisotopic (exact) mass is 468 g/mol. The number of hydrogen-bond acceptors (Lipinski definition) is 6. The number of benzene rings is 3. The molecule has 3 rings (SSSR count). The largest absolute Gasteiger partial charge is 0.495 e. The normalized spacial score (nSPS) is 10.8. The zero-order valence-corrected chi connectivity index (χ0v) is 19.0. The van der Waals surface area contributed by atoms with Gasteiger partial charge in [0, 0.05) is 12.2 Å². The Hall–Kier alpha value is -3.85. The van der Waals surface area contributed by atoms with Crippen molar-refractivity contribution < 1.29 is 27.5 Å². The third-order valence-corrected chi connectivity index (χ3v) is 6.06. The molecule has 0 saturated heterocycles. The van der Waals surface area contributed by atoms with Crippen molar-refractivity contribution in [3.8, 4) is 5.75 Å². The van der Waals surface area contributed by atoms with Gasteiger partial charge in [0.25, 0.3) is 15.9 Å². The average molecular weight is 469 g/mol. The van der Waals surface area contributed by atoms with Gasteiger partial charge in [-0.05, 0) is 42.8 Å². The minimum atomic E-state index is -4.06. The number of anilines is 1. The summed E-state index contributed by atoms with van der Waals surface area (Å²) < 4.78 is 38.5. The summed E-state index contributed by atoms with van der Waals surface area (Å²) in [5.74, 6) is -1.25. The highest BCUT2D eigenvalue weighted by Gasteiger charge is 2.23. The lowest BCUT2D eigenvalue weighted by molar-refractivity contribution is -0.124. The van der Waals surface area contributed by atoms with E-state index in [0.717, 1.165) is 17.2 Å². The summed E-state index contributed by atoms with van der Waals surface area (Å²) in [6.45, 7) is 1.69. The predicted molar refractivity (Wildman–Crippen MR) is 124 cm³/mol. The van der Waals surface area contributed by atoms with Crippen LogP contribution in [0.3, 0.4) is 0 Å². The lowest BCUT2D eigenvalue weighted by Gasteiger charge is -2.13. The second kappa shape index (κ2) is 10.6. The number of esters is 1. The second-order valence-corrected chi connectivity index (χ2v) is 8.83. The van der Waals surface area contributed by atoms with Crippen molar-refractivity contribution in [1.29, 1.82) is 0 Å². The molecule has 0 radical (unpaired) electrons. The first-order chi connectivity index (χ1) is 15.8. The molecule has 0 aliphatic heterocycles. The Balaban J connectivity index is 1.68. The maximum atomic E-state index is 12.9. The van der Waals surface area contributed by atoms with Crippen LogP contribution in [0.2, 0.25) is 0 Å². The fraction of sp³-hybridized carbons (Fsp3) is 0.167. The van der Waals surface area contributed by atoms with Gasteiger partial charge in [-0.2, -0.15) is 0 Å². The Bertz CT molecular complexity index is 1230. The number of aryl methyl sites for hydroxylation is 1. The van der Waals surface area contributed by atoms with E-state index in [2.05, 4.69) is 10.0 Å². The quantitative estimate of drug-likeness (QED) is 0.467. The summed E-state index contributed by atoms with van der Waals surface area (Å²) in [5, 5.41) is 2.65. The minimum absolute atomic E-state index is 0.0315. The number of ether oxygens (including phenoxy) is 2. The number of amides is 1. The number of methoxy groups -OCH3 is 1. The molecule has 0 saturated carbocycles. The molecule has 0 aliphatic rings. The first kappa shape index (κ1) is 23.8. The van der Waals surface area contributed by atoms with Gasteiger partial charge in [-0.1, -0.05) is 48.0 Å². The number of sulfonamides is 1. The van der Waals surface area contributed by atoms with Crippen LogP contribution in [0.25, 0.3) is 0 Å². The van der Waals surface area contributed by atoms with Gasteiger partial charge in [-0.25, -0.2) is 13.2 Å². The number of carbonyl (C=O) groups is 2. The highest BCUT2D eigenvalue weighted by Crippen LogP contribution is 2.27. The summed E-state index contributed by atoms with van der Waals surface area (Å²) >= 11 is 0. The smallest absolute Gasteiger partial charge is 0.338 e. The van der Waals surface area contributed by atoms with Gasteiger partial charge in [0.15, 0.2) is 6.61 Å². The maximum Gasteiger partial charge on any atom is 0.338 e. The topological polar surface area (TPSA) is 111 Å². The Labute approximate surface area is 192 Å². The van der Waals surface area contributed by atoms with E-state index in [1.54, 1.807) is 24.3 Å². The molecule has 3 aromatic carbocycles. The molecule has 0 unspecified atom stereocenters. The Morgan fingerprint density at radius 2 is 1.64 bits per heavy atom. The van der Waals surface area contributed by atoms with Crippen molar-refractivity contribution in [3.05, 3.63) is 89.5 Å². The van der Waals surface area contributed by atoms with E-state index in [0.29, 0.717) is 12.2 Å². The molecule has 0 atom stereocenters. The second-order valence-electron chi connectivity index (χ2n) is 7.18. The molecule has 0 spiro atoms. The fourth-order valence-electron chi connectivity index (χ4n) is 2.91. The zero-order chi connectivity index (χ0) is 23.8. The third kappa shape index (κ3) is 6.56. The Morgan fingerprint density at radius 3 is 2.30 bits per heavy atom. The van der Waals surface area contributed by atoms with Crippen LogP contribution >= 0.6 is 0 Å². The van der Waals surface area contributed by atoms with E-state index >= 15 is 0 Å². The number of hydrogen-bond donors (Lipinski definition) is 2. The van der Waals surface area contributed by atoms with Gasteiger partial charge >= 0.3 is 5.97 Å². The molecule has 3 aromatic rings. The van der Waals surface area contributed by atoms with E-state index in [9.17, 15) is 18.0 Å². The van der Waals surface area contributed by atoms with Gasteiger partial charge < -0.3 is 14.8 Å². The third-order valence-electron chi connectivity index (χ3n) is 4.66. The SMILES string of the molecule is COc1ccc(C(=O)OCC(=O)NCc2ccccc2)cc1S(=O)(=O)Nc1ccc(C)cc1. The van der Waals surface area contributed by atoms with E-state index in [-0.39, 0.29) is 16.2 Å². The van der Waals surface area contributed by atoms with Gasteiger partial charge in [-0.15, -0.1) is 0 Å². The summed E-state index contributed by atoms with van der Waals surface area (Å²) in [6.07, 6.45) is 0. The van der Waals surface area contributed by atoms with Crippen molar-refractivity contribution >= 4 is 27.6 Å². The van der Waals surface area contributed by atoms with Crippen LogP contribution in [-0.4, -0.2) is 34.0 Å². The molecule has 33 heavy (non-hydrogen) atoms. The van der Waals surface area contributed by atoms with E-state index in [1.807, 2.05) is 37.3 Å². The molecule has 9 heteroatoms. The maximum absolute atomic E-state index is 12.9. The first-order valence-corrected chi connectivity index (χ1v) is 11.5. The van der Waals surface area contributed by atoms with Crippen LogP contribution in [0, 0.1) is 6.92 Å². The summed E-state index contributed by atoms with van der Waals surface area (Å²) in [4.78, 5) is 24.2. The van der Waals surface area contributed by atoms with Crippen LogP contribution in [0.1, 0.15) is 21.5 Å². The van der Waals surface area contributed by atoms with Crippen molar-refractivity contribution in [2.24, 2.45) is 0 Å². The van der Waals surface area contributed by atoms with Gasteiger partial charge in [-0.3, -0.25) is 9.52 Å². The summed E-state index contributed by atoms with van der Waals surface area (Å²) in [6, 6.07) is 20.0. The van der Waals surface area contributed by atoms with Crippen molar-refractivity contribution in [3.63, 3.8) is 0 Å². The van der Waals surface area contributed by atoms with Crippen LogP contribution in [0.5, 0.6) is 5.75 Å². The fourth-order valence-corrected chi connectivity index (χ4v) is 4.16. The van der Waals surface area contributed by atoms with Crippen LogP contribution in [0.15, 0.2) is 77.7 Å². The standard InChI is InChI=1S/C24H24N2O6S/c1-17-8-11-20(12-9-17)26-33(29,30)22-14-19(10-13-21(22)31-2)24(28)32-16-23(27)25-15-18-6-4-3-5-7-18/h3-14,26H,15-16H2,1-2H3,(H,25,27). The first-order valence-electron chi connectivity index (χ1n) is 10.0. The Kier molecular flexibility index (Phi) is 7.68. The lowest BCUT2D eigenvalue weighted by atomic mass is 10.2. The zero-order valence-electron chi connectivity index (χ0n) is 18.2. The molecule has 8 nitrogen and oxygen atoms in total. The number of carbonyl (C=O) groups excluding carboxylic acids is 2. The molecule has 2 N–H and O–H groups in total. The van der Waals surface area contributed by atoms with Crippen LogP contribution < -0.4 is 14.8 Å². The van der Waals surface area contributed by atoms with Crippen LogP contribution in [-0.2, 0) is 26.1 Å². The van der Waals surface area contributed by atoms with Gasteiger partial charge in [0.2, 0.25) is 0 Å². The predicted octanol–water partition coefficient (Wildman–Crippen LogP) is 3.28. The number of nitrogens with one attached hydrogen (secondary N) is 2. The van der Waals surface area contributed by atoms with Crippen molar-refractivity contribution in [2.45, 2.75) is 18.4 Å². The van der Waals surface area contributed by atoms with Crippen molar-refractivity contribution in [2.75, 3.05) is 18.4 Å². The molecule has 0 heterocycles. The highest BCUT2D eigenvalue weighted by atomic mass is 32.2. The molecular formula is C24H24N2O6S. The minimum Gasteiger partial charge on any atom is -0.495 e. The molecule has 0 aromatic heterocycles. The summed E-state index contributed by atoms with van der Waals surface area (Å²) in [7, 11) is -2.73. The Morgan fingerprint density at radius 1 is 0.939 bits per heavy atom. The average Bonchev–Trinajstić information content (AvgIpc) is 2.82. The molecular weight excluding hydrogens is 444 g/mol. The van der Waals surface area contributed by atoms with Gasteiger partial charge in [0.1, 0.15) is 10.6 Å². The molecule has 0 aliphatic carbocycles. The van der Waals surface area contributed by atoms with E-state index < -0.39 is 28.5 Å². The van der Waals surface area contributed by atoms with Crippen molar-refractivity contribution in [1.82, 2.24) is 5.32 Å². The van der Waals surface area contributed by atoms with Crippen LogP contribution in [0.4, 0.5) is 5.69 Å². The van der Waals surface area contributed by atoms with E-state index in [1.165, 1.54) is 19.2 Å². The molecule has 1 amide bonds. The molecule has 172 valence electrons.